The summed E-state index contributed by atoms with van der Waals surface area (Å²) >= 11 is 0. The van der Waals surface area contributed by atoms with E-state index in [1.807, 2.05) is 26.0 Å². The first-order chi connectivity index (χ1) is 9.76. The lowest BCUT2D eigenvalue weighted by Crippen LogP contribution is -2.27. The molecule has 0 atom stereocenters. The van der Waals surface area contributed by atoms with E-state index in [-0.39, 0.29) is 12.4 Å². The summed E-state index contributed by atoms with van der Waals surface area (Å²) in [6, 6.07) is 7.10. The molecule has 0 aromatic heterocycles. The molecule has 0 N–H and O–H groups in total. The van der Waals surface area contributed by atoms with Crippen LogP contribution in [-0.2, 0) is 20.7 Å². The van der Waals surface area contributed by atoms with E-state index in [4.69, 9.17) is 9.47 Å². The number of carbonyl (C=O) groups is 2. The Kier molecular flexibility index (Phi) is 8.36. The highest BCUT2D eigenvalue weighted by atomic mass is 16.6. The number of ether oxygens (including phenoxy) is 2. The third-order valence-electron chi connectivity index (χ3n) is 2.15. The van der Waals surface area contributed by atoms with E-state index in [0.29, 0.717) is 12.2 Å². The predicted molar refractivity (Wildman–Crippen MR) is 83.5 cm³/mol. The van der Waals surface area contributed by atoms with E-state index in [1.54, 1.807) is 39.8 Å². The van der Waals surface area contributed by atoms with Crippen LogP contribution in [0.3, 0.4) is 0 Å². The number of hydrogen-bond acceptors (Lipinski definition) is 4. The number of Topliss-reactive ketones (excluding diaryl/α,β-unsaturated/α-hetero) is 1. The largest absolute Gasteiger partial charge is 0.482 e. The molecule has 0 saturated heterocycles. The van der Waals surface area contributed by atoms with Gasteiger partial charge in [-0.25, -0.2) is 4.79 Å². The van der Waals surface area contributed by atoms with Gasteiger partial charge in [0.1, 0.15) is 17.1 Å². The van der Waals surface area contributed by atoms with E-state index in [1.165, 1.54) is 0 Å². The van der Waals surface area contributed by atoms with E-state index >= 15 is 0 Å². The van der Waals surface area contributed by atoms with Gasteiger partial charge in [-0.1, -0.05) is 26.0 Å². The molecule has 0 spiro atoms. The summed E-state index contributed by atoms with van der Waals surface area (Å²) in [5, 5.41) is 0. The number of hydrogen-bond donors (Lipinski definition) is 0. The summed E-state index contributed by atoms with van der Waals surface area (Å²) in [5.74, 6) is 0.292. The fraction of sp³-hybridized carbons (Fsp3) is 0.529. The van der Waals surface area contributed by atoms with Crippen LogP contribution in [0.25, 0.3) is 0 Å². The van der Waals surface area contributed by atoms with Crippen LogP contribution in [0, 0.1) is 0 Å². The molecule has 1 aromatic rings. The summed E-state index contributed by atoms with van der Waals surface area (Å²) in [5.41, 5.74) is 0.420. The summed E-state index contributed by atoms with van der Waals surface area (Å²) < 4.78 is 10.4. The van der Waals surface area contributed by atoms with Crippen molar-refractivity contribution in [3.8, 4) is 5.75 Å². The minimum absolute atomic E-state index is 0.113. The standard InChI is InChI=1S/C15H20O4.C2H6/c1-11(16)9-12-5-7-13(8-6-12)18-10-14(17)19-15(2,3)4;1-2/h5-8H,9-10H2,1-4H3;1-2H3. The minimum Gasteiger partial charge on any atom is -0.482 e. The quantitative estimate of drug-likeness (QED) is 0.779. The Bertz CT molecular complexity index is 441. The molecule has 1 aromatic carbocycles. The van der Waals surface area contributed by atoms with Crippen molar-refractivity contribution in [2.45, 2.75) is 53.6 Å². The van der Waals surface area contributed by atoms with Crippen LogP contribution in [0.2, 0.25) is 0 Å². The average molecular weight is 294 g/mol. The van der Waals surface area contributed by atoms with Crippen LogP contribution < -0.4 is 4.74 Å². The maximum absolute atomic E-state index is 11.5. The van der Waals surface area contributed by atoms with Gasteiger partial charge in [0.15, 0.2) is 6.61 Å². The second-order valence-electron chi connectivity index (χ2n) is 5.40. The van der Waals surface area contributed by atoms with Gasteiger partial charge in [-0.15, -0.1) is 0 Å². The molecule has 0 aliphatic rings. The van der Waals surface area contributed by atoms with Gasteiger partial charge >= 0.3 is 5.97 Å². The SMILES string of the molecule is CC.CC(=O)Cc1ccc(OCC(=O)OC(C)(C)C)cc1. The van der Waals surface area contributed by atoms with Crippen LogP contribution >= 0.6 is 0 Å². The van der Waals surface area contributed by atoms with Gasteiger partial charge in [-0.05, 0) is 45.4 Å². The van der Waals surface area contributed by atoms with Crippen molar-refractivity contribution in [1.82, 2.24) is 0 Å². The van der Waals surface area contributed by atoms with Crippen molar-refractivity contribution < 1.29 is 19.1 Å². The molecule has 0 radical (unpaired) electrons. The van der Waals surface area contributed by atoms with Crippen LogP contribution in [0.15, 0.2) is 24.3 Å². The van der Waals surface area contributed by atoms with Crippen LogP contribution in [0.5, 0.6) is 5.75 Å². The van der Waals surface area contributed by atoms with E-state index < -0.39 is 11.6 Å². The molecular formula is C17H26O4. The van der Waals surface area contributed by atoms with Gasteiger partial charge in [-0.3, -0.25) is 4.79 Å². The first kappa shape index (κ1) is 19.2. The van der Waals surface area contributed by atoms with Crippen molar-refractivity contribution in [2.75, 3.05) is 6.61 Å². The molecule has 0 fully saturated rings. The lowest BCUT2D eigenvalue weighted by atomic mass is 10.1. The van der Waals surface area contributed by atoms with E-state index in [9.17, 15) is 9.59 Å². The number of benzene rings is 1. The highest BCUT2D eigenvalue weighted by Crippen LogP contribution is 2.13. The molecule has 0 aliphatic carbocycles. The Labute approximate surface area is 127 Å². The van der Waals surface area contributed by atoms with Crippen LogP contribution in [0.1, 0.15) is 47.1 Å². The topological polar surface area (TPSA) is 52.6 Å². The van der Waals surface area contributed by atoms with Crippen molar-refractivity contribution >= 4 is 11.8 Å². The van der Waals surface area contributed by atoms with E-state index in [2.05, 4.69) is 0 Å². The molecule has 1 rings (SSSR count). The number of esters is 1. The fourth-order valence-electron chi connectivity index (χ4n) is 1.50. The zero-order valence-corrected chi connectivity index (χ0v) is 13.9. The summed E-state index contributed by atoms with van der Waals surface area (Å²) in [4.78, 5) is 22.4. The maximum atomic E-state index is 11.5. The fourth-order valence-corrected chi connectivity index (χ4v) is 1.50. The molecule has 0 aliphatic heterocycles. The lowest BCUT2D eigenvalue weighted by molar-refractivity contribution is -0.157. The highest BCUT2D eigenvalue weighted by Gasteiger charge is 2.16. The zero-order valence-electron chi connectivity index (χ0n) is 13.9. The molecule has 118 valence electrons. The maximum Gasteiger partial charge on any atom is 0.344 e. The highest BCUT2D eigenvalue weighted by molar-refractivity contribution is 5.78. The van der Waals surface area contributed by atoms with Gasteiger partial charge in [0.05, 0.1) is 0 Å². The summed E-state index contributed by atoms with van der Waals surface area (Å²) in [7, 11) is 0. The zero-order chi connectivity index (χ0) is 16.5. The molecule has 0 bridgehead atoms. The van der Waals surface area contributed by atoms with Gasteiger partial charge in [-0.2, -0.15) is 0 Å². The Hall–Kier alpha value is -1.84. The average Bonchev–Trinajstić information content (AvgIpc) is 2.38. The van der Waals surface area contributed by atoms with Crippen molar-refractivity contribution in [2.24, 2.45) is 0 Å². The smallest absolute Gasteiger partial charge is 0.344 e. The van der Waals surface area contributed by atoms with Crippen LogP contribution in [-0.4, -0.2) is 24.0 Å². The molecule has 0 saturated carbocycles. The third-order valence-corrected chi connectivity index (χ3v) is 2.15. The molecule has 0 unspecified atom stereocenters. The van der Waals surface area contributed by atoms with Crippen molar-refractivity contribution in [3.05, 3.63) is 29.8 Å². The Balaban J connectivity index is 0.00000191. The monoisotopic (exact) mass is 294 g/mol. The Morgan fingerprint density at radius 2 is 1.57 bits per heavy atom. The summed E-state index contributed by atoms with van der Waals surface area (Å²) in [6.07, 6.45) is 0.409. The number of carbonyl (C=O) groups excluding carboxylic acids is 2. The second-order valence-corrected chi connectivity index (χ2v) is 5.40. The molecule has 4 heteroatoms. The minimum atomic E-state index is -0.508. The molecule has 0 amide bonds. The molecule has 21 heavy (non-hydrogen) atoms. The van der Waals surface area contributed by atoms with Gasteiger partial charge in [0, 0.05) is 6.42 Å². The Morgan fingerprint density at radius 3 is 2.00 bits per heavy atom. The van der Waals surface area contributed by atoms with E-state index in [0.717, 1.165) is 5.56 Å². The van der Waals surface area contributed by atoms with Gasteiger partial charge in [0.25, 0.3) is 0 Å². The number of rotatable bonds is 5. The lowest BCUT2D eigenvalue weighted by Gasteiger charge is -2.19. The predicted octanol–water partition coefficient (Wildman–Crippen LogP) is 3.56. The van der Waals surface area contributed by atoms with Gasteiger partial charge < -0.3 is 9.47 Å². The molecular weight excluding hydrogens is 268 g/mol. The van der Waals surface area contributed by atoms with Crippen LogP contribution in [0.4, 0.5) is 0 Å². The normalized spacial score (nSPS) is 10.2. The molecule has 4 nitrogen and oxygen atoms in total. The number of ketones is 1. The first-order valence-electron chi connectivity index (χ1n) is 7.19. The third kappa shape index (κ3) is 9.66. The van der Waals surface area contributed by atoms with Gasteiger partial charge in [0.2, 0.25) is 0 Å². The first-order valence-corrected chi connectivity index (χ1v) is 7.19. The second kappa shape index (κ2) is 9.16. The van der Waals surface area contributed by atoms with Crippen molar-refractivity contribution in [3.63, 3.8) is 0 Å². The summed E-state index contributed by atoms with van der Waals surface area (Å²) in [6.45, 7) is 10.8. The van der Waals surface area contributed by atoms with Crippen molar-refractivity contribution in [1.29, 1.82) is 0 Å². The molecule has 0 heterocycles. The Morgan fingerprint density at radius 1 is 1.05 bits per heavy atom.